The molecule has 0 radical (unpaired) electrons. The van der Waals surface area contributed by atoms with Crippen molar-refractivity contribution in [2.75, 3.05) is 14.2 Å². The van der Waals surface area contributed by atoms with Crippen LogP contribution in [0.2, 0.25) is 0 Å². The van der Waals surface area contributed by atoms with Gasteiger partial charge >= 0.3 is 0 Å². The summed E-state index contributed by atoms with van der Waals surface area (Å²) in [5.41, 5.74) is 1.94. The molecule has 0 heterocycles. The zero-order chi connectivity index (χ0) is 21.7. The Bertz CT molecular complexity index is 1100. The van der Waals surface area contributed by atoms with Crippen molar-refractivity contribution in [1.82, 2.24) is 0 Å². The van der Waals surface area contributed by atoms with Gasteiger partial charge in [-0.15, -0.1) is 0 Å². The van der Waals surface area contributed by atoms with Crippen LogP contribution in [-0.2, 0) is 9.84 Å². The number of ether oxygens (including phenoxy) is 2. The maximum absolute atomic E-state index is 13.5. The molecule has 0 fully saturated rings. The number of aryl methyl sites for hydroxylation is 1. The lowest BCUT2D eigenvalue weighted by Gasteiger charge is -2.18. The lowest BCUT2D eigenvalue weighted by molar-refractivity contribution is 0.0980. The van der Waals surface area contributed by atoms with Crippen molar-refractivity contribution < 1.29 is 22.7 Å². The van der Waals surface area contributed by atoms with Gasteiger partial charge in [0.25, 0.3) is 0 Å². The summed E-state index contributed by atoms with van der Waals surface area (Å²) in [5, 5.41) is -1.01. The first-order valence-electron chi connectivity index (χ1n) is 9.47. The van der Waals surface area contributed by atoms with E-state index < -0.39 is 15.1 Å². The minimum absolute atomic E-state index is 0.172. The third-order valence-corrected chi connectivity index (χ3v) is 7.11. The zero-order valence-corrected chi connectivity index (χ0v) is 18.0. The van der Waals surface area contributed by atoms with Crippen molar-refractivity contribution in [2.24, 2.45) is 0 Å². The molecular weight excluding hydrogens is 400 g/mol. The van der Waals surface area contributed by atoms with E-state index >= 15 is 0 Å². The van der Waals surface area contributed by atoms with Gasteiger partial charge in [-0.25, -0.2) is 8.42 Å². The molecule has 30 heavy (non-hydrogen) atoms. The smallest absolute Gasteiger partial charge is 0.185 e. The second kappa shape index (κ2) is 9.13. The molecule has 0 saturated heterocycles. The number of benzene rings is 3. The molecule has 0 spiro atoms. The number of carbonyl (C=O) groups is 1. The van der Waals surface area contributed by atoms with Crippen LogP contribution in [0, 0.1) is 6.92 Å². The van der Waals surface area contributed by atoms with Gasteiger partial charge in [0.2, 0.25) is 0 Å². The van der Waals surface area contributed by atoms with Crippen molar-refractivity contribution in [1.29, 1.82) is 0 Å². The highest BCUT2D eigenvalue weighted by atomic mass is 32.2. The van der Waals surface area contributed by atoms with Crippen molar-refractivity contribution in [3.8, 4) is 11.5 Å². The molecule has 3 rings (SSSR count). The Morgan fingerprint density at radius 2 is 1.30 bits per heavy atom. The average Bonchev–Trinajstić information content (AvgIpc) is 2.77. The number of ketones is 1. The highest BCUT2D eigenvalue weighted by Crippen LogP contribution is 2.34. The van der Waals surface area contributed by atoms with Gasteiger partial charge in [-0.2, -0.15) is 0 Å². The Balaban J connectivity index is 1.99. The number of hydrogen-bond donors (Lipinski definition) is 0. The van der Waals surface area contributed by atoms with E-state index in [1.165, 1.54) is 0 Å². The topological polar surface area (TPSA) is 69.7 Å². The van der Waals surface area contributed by atoms with Crippen LogP contribution in [0.15, 0.2) is 77.7 Å². The normalized spacial score (nSPS) is 12.2. The largest absolute Gasteiger partial charge is 0.497 e. The summed E-state index contributed by atoms with van der Waals surface area (Å²) >= 11 is 0. The molecule has 3 aromatic carbocycles. The van der Waals surface area contributed by atoms with Gasteiger partial charge in [0.1, 0.15) is 11.5 Å². The maximum Gasteiger partial charge on any atom is 0.185 e. The van der Waals surface area contributed by atoms with Crippen LogP contribution < -0.4 is 9.47 Å². The molecule has 0 aliphatic carbocycles. The van der Waals surface area contributed by atoms with Gasteiger partial charge in [0, 0.05) is 12.0 Å². The van der Waals surface area contributed by atoms with Crippen LogP contribution in [0.4, 0.5) is 0 Å². The quantitative estimate of drug-likeness (QED) is 0.486. The SMILES string of the molecule is COc1ccc(C(=O)C[C@H](c2ccc(OC)cc2)S(=O)(=O)c2ccc(C)cc2)cc1. The van der Waals surface area contributed by atoms with E-state index in [9.17, 15) is 13.2 Å². The van der Waals surface area contributed by atoms with Crippen molar-refractivity contribution >= 4 is 15.6 Å². The molecule has 0 aliphatic heterocycles. The molecule has 1 atom stereocenters. The first kappa shape index (κ1) is 21.6. The third-order valence-electron chi connectivity index (χ3n) is 4.99. The molecule has 156 valence electrons. The molecule has 3 aromatic rings. The van der Waals surface area contributed by atoms with Crippen LogP contribution in [0.5, 0.6) is 11.5 Å². The molecule has 0 aliphatic rings. The number of carbonyl (C=O) groups excluding carboxylic acids is 1. The molecule has 0 amide bonds. The lowest BCUT2D eigenvalue weighted by atomic mass is 10.0. The van der Waals surface area contributed by atoms with E-state index in [4.69, 9.17) is 9.47 Å². The summed E-state index contributed by atoms with van der Waals surface area (Å²) in [7, 11) is -0.702. The van der Waals surface area contributed by atoms with Crippen LogP contribution in [0.1, 0.15) is 33.2 Å². The summed E-state index contributed by atoms with van der Waals surface area (Å²) < 4.78 is 37.2. The predicted molar refractivity (Wildman–Crippen MR) is 116 cm³/mol. The number of rotatable bonds is 8. The average molecular weight is 425 g/mol. The molecular formula is C24H24O5S. The van der Waals surface area contributed by atoms with E-state index in [0.717, 1.165) is 5.56 Å². The number of methoxy groups -OCH3 is 2. The van der Waals surface area contributed by atoms with E-state index in [0.29, 0.717) is 22.6 Å². The van der Waals surface area contributed by atoms with E-state index in [1.54, 1.807) is 87.0 Å². The van der Waals surface area contributed by atoms with Crippen LogP contribution in [0.3, 0.4) is 0 Å². The Morgan fingerprint density at radius 3 is 1.80 bits per heavy atom. The van der Waals surface area contributed by atoms with Gasteiger partial charge in [0.15, 0.2) is 15.6 Å². The summed E-state index contributed by atoms with van der Waals surface area (Å²) in [6, 6.07) is 20.1. The van der Waals surface area contributed by atoms with Crippen molar-refractivity contribution in [2.45, 2.75) is 23.5 Å². The van der Waals surface area contributed by atoms with E-state index in [-0.39, 0.29) is 17.1 Å². The predicted octanol–water partition coefficient (Wildman–Crippen LogP) is 4.80. The standard InChI is InChI=1S/C24H24O5S/c1-17-4-14-22(15-5-17)30(26,27)24(19-8-12-21(29-3)13-9-19)16-23(25)18-6-10-20(28-2)11-7-18/h4-15,24H,16H2,1-3H3/t24-/m1/s1. The van der Waals surface area contributed by atoms with Crippen molar-refractivity contribution in [3.05, 3.63) is 89.5 Å². The van der Waals surface area contributed by atoms with Crippen molar-refractivity contribution in [3.63, 3.8) is 0 Å². The molecule has 0 N–H and O–H groups in total. The van der Waals surface area contributed by atoms with Gasteiger partial charge in [0.05, 0.1) is 24.4 Å². The third kappa shape index (κ3) is 4.71. The second-order valence-electron chi connectivity index (χ2n) is 6.98. The van der Waals surface area contributed by atoms with Crippen LogP contribution in [0.25, 0.3) is 0 Å². The van der Waals surface area contributed by atoms with Gasteiger partial charge in [-0.1, -0.05) is 29.8 Å². The summed E-state index contributed by atoms with van der Waals surface area (Å²) in [6.07, 6.45) is -0.172. The fourth-order valence-electron chi connectivity index (χ4n) is 3.18. The highest BCUT2D eigenvalue weighted by Gasteiger charge is 2.31. The molecule has 0 saturated carbocycles. The number of hydrogen-bond acceptors (Lipinski definition) is 5. The maximum atomic E-state index is 13.5. The molecule has 0 bridgehead atoms. The number of Topliss-reactive ketones (excluding diaryl/α,β-unsaturated/α-hetero) is 1. The lowest BCUT2D eigenvalue weighted by Crippen LogP contribution is -2.18. The first-order valence-corrected chi connectivity index (χ1v) is 11.0. The van der Waals surface area contributed by atoms with Gasteiger partial charge in [-0.05, 0) is 61.0 Å². The van der Waals surface area contributed by atoms with E-state index in [2.05, 4.69) is 0 Å². The molecule has 5 nitrogen and oxygen atoms in total. The Morgan fingerprint density at radius 1 is 0.800 bits per heavy atom. The fourth-order valence-corrected chi connectivity index (χ4v) is 4.91. The zero-order valence-electron chi connectivity index (χ0n) is 17.2. The van der Waals surface area contributed by atoms with E-state index in [1.807, 2.05) is 6.92 Å². The second-order valence-corrected chi connectivity index (χ2v) is 9.11. The minimum atomic E-state index is -3.79. The van der Waals surface area contributed by atoms with Gasteiger partial charge < -0.3 is 9.47 Å². The summed E-state index contributed by atoms with van der Waals surface area (Å²) in [4.78, 5) is 13.1. The number of sulfone groups is 1. The van der Waals surface area contributed by atoms with Gasteiger partial charge in [-0.3, -0.25) is 4.79 Å². The molecule has 0 aromatic heterocycles. The molecule has 0 unspecified atom stereocenters. The Hall–Kier alpha value is -3.12. The monoisotopic (exact) mass is 424 g/mol. The summed E-state index contributed by atoms with van der Waals surface area (Å²) in [5.74, 6) is 0.992. The highest BCUT2D eigenvalue weighted by molar-refractivity contribution is 7.91. The first-order chi connectivity index (χ1) is 14.3. The minimum Gasteiger partial charge on any atom is -0.497 e. The van der Waals surface area contributed by atoms with Crippen LogP contribution >= 0.6 is 0 Å². The van der Waals surface area contributed by atoms with Crippen LogP contribution in [-0.4, -0.2) is 28.4 Å². The Kier molecular flexibility index (Phi) is 6.57. The summed E-state index contributed by atoms with van der Waals surface area (Å²) in [6.45, 7) is 1.89. The molecule has 6 heteroatoms. The fraction of sp³-hybridized carbons (Fsp3) is 0.208. The Labute approximate surface area is 177 Å².